The van der Waals surface area contributed by atoms with Crippen molar-refractivity contribution in [2.45, 2.75) is 64.2 Å². The third-order valence-corrected chi connectivity index (χ3v) is 5.29. The molecule has 0 aromatic carbocycles. The molecule has 8 nitrogen and oxygen atoms in total. The quantitative estimate of drug-likeness (QED) is 0.411. The summed E-state index contributed by atoms with van der Waals surface area (Å²) in [5.41, 5.74) is -0.312. The van der Waals surface area contributed by atoms with E-state index in [1.807, 2.05) is 13.8 Å². The summed E-state index contributed by atoms with van der Waals surface area (Å²) in [6.07, 6.45) is 9.76. The van der Waals surface area contributed by atoms with Crippen LogP contribution in [-0.2, 0) is 6.54 Å². The Labute approximate surface area is 160 Å². The van der Waals surface area contributed by atoms with E-state index in [-0.39, 0.29) is 19.1 Å². The van der Waals surface area contributed by atoms with Crippen LogP contribution in [0.3, 0.4) is 0 Å². The molecule has 1 aromatic heterocycles. The number of aliphatic hydroxyl groups excluding tert-OH is 2. The zero-order chi connectivity index (χ0) is 20.0. The molecule has 0 radical (unpaired) electrons. The van der Waals surface area contributed by atoms with Gasteiger partial charge in [0.1, 0.15) is 6.67 Å². The summed E-state index contributed by atoms with van der Waals surface area (Å²) >= 11 is 0. The van der Waals surface area contributed by atoms with Gasteiger partial charge in [-0.3, -0.25) is 9.69 Å². The fourth-order valence-electron chi connectivity index (χ4n) is 3.30. The highest BCUT2D eigenvalue weighted by Crippen LogP contribution is 2.27. The summed E-state index contributed by atoms with van der Waals surface area (Å²) in [5, 5.41) is 29.1. The number of carbonyl (C=O) groups excluding carboxylic acids is 1. The van der Waals surface area contributed by atoms with Gasteiger partial charge in [-0.1, -0.05) is 20.3 Å². The smallest absolute Gasteiger partial charge is 0.275 e. The van der Waals surface area contributed by atoms with Crippen LogP contribution < -0.4 is 4.90 Å². The average Bonchev–Trinajstić information content (AvgIpc) is 3.10. The predicted molar refractivity (Wildman–Crippen MR) is 102 cm³/mol. The van der Waals surface area contributed by atoms with E-state index in [0.29, 0.717) is 37.3 Å². The highest BCUT2D eigenvalue weighted by molar-refractivity contribution is 5.99. The maximum atomic E-state index is 12.9. The van der Waals surface area contributed by atoms with E-state index in [2.05, 4.69) is 11.0 Å². The number of amides is 1. The minimum Gasteiger partial charge on any atom is -0.394 e. The highest BCUT2D eigenvalue weighted by atomic mass is 16.3. The van der Waals surface area contributed by atoms with Gasteiger partial charge in [-0.25, -0.2) is 4.98 Å². The first-order valence-electron chi connectivity index (χ1n) is 9.48. The van der Waals surface area contributed by atoms with Gasteiger partial charge < -0.3 is 24.8 Å². The van der Waals surface area contributed by atoms with Gasteiger partial charge in [0.25, 0.3) is 5.91 Å². The Balaban J connectivity index is 2.06. The van der Waals surface area contributed by atoms with E-state index in [1.54, 1.807) is 9.80 Å². The molecule has 1 aliphatic rings. The Morgan fingerprint density at radius 3 is 2.67 bits per heavy atom. The van der Waals surface area contributed by atoms with Crippen LogP contribution in [0.15, 0.2) is 6.33 Å². The van der Waals surface area contributed by atoms with E-state index in [4.69, 9.17) is 11.5 Å². The fraction of sp³-hybridized carbons (Fsp3) is 0.684. The first-order valence-corrected chi connectivity index (χ1v) is 9.48. The topological polar surface area (TPSA) is 102 Å². The van der Waals surface area contributed by atoms with Gasteiger partial charge in [-0.2, -0.15) is 0 Å². The van der Waals surface area contributed by atoms with E-state index < -0.39 is 18.3 Å². The molecular weight excluding hydrogens is 348 g/mol. The van der Waals surface area contributed by atoms with E-state index >= 15 is 0 Å². The SMILES string of the molecule is C#CN1CN(CCCCC(O)(CC)CC)C(=O)c2c1ncn2CC(O)CO. The van der Waals surface area contributed by atoms with Gasteiger partial charge in [0.2, 0.25) is 0 Å². The molecule has 1 unspecified atom stereocenters. The lowest BCUT2D eigenvalue weighted by Crippen LogP contribution is -2.46. The number of imidazole rings is 1. The molecule has 1 aromatic rings. The Kier molecular flexibility index (Phi) is 7.25. The standard InChI is InChI=1S/C19H30N4O4/c1-4-19(27,5-2)9-7-8-10-22-14-21(6-3)17-16(18(22)26)23(13-20-17)11-15(25)12-24/h3,13,15,24-25,27H,4-5,7-12,14H2,1-2H3. The minimum atomic E-state index is -0.980. The molecule has 0 saturated carbocycles. The molecule has 1 aliphatic heterocycles. The Bertz CT molecular complexity index is 678. The minimum absolute atomic E-state index is 0.0663. The lowest BCUT2D eigenvalue weighted by molar-refractivity contribution is 0.0206. The van der Waals surface area contributed by atoms with Gasteiger partial charge in [0.05, 0.1) is 31.2 Å². The number of nitrogens with zero attached hydrogens (tertiary/aromatic N) is 4. The number of hydrogen-bond acceptors (Lipinski definition) is 6. The van der Waals surface area contributed by atoms with Crippen molar-refractivity contribution in [3.05, 3.63) is 12.0 Å². The molecule has 27 heavy (non-hydrogen) atoms. The monoisotopic (exact) mass is 378 g/mol. The number of terminal acetylenes is 1. The molecule has 150 valence electrons. The van der Waals surface area contributed by atoms with Crippen LogP contribution in [-0.4, -0.2) is 67.2 Å². The summed E-state index contributed by atoms with van der Waals surface area (Å²) in [6.45, 7) is 4.40. The van der Waals surface area contributed by atoms with Gasteiger partial charge in [-0.05, 0) is 32.1 Å². The number of unbranched alkanes of at least 4 members (excludes halogenated alkanes) is 1. The first-order chi connectivity index (χ1) is 12.9. The van der Waals surface area contributed by atoms with Crippen LogP contribution in [0.2, 0.25) is 0 Å². The Hall–Kier alpha value is -2.08. The molecule has 1 atom stereocenters. The van der Waals surface area contributed by atoms with Gasteiger partial charge in [0.15, 0.2) is 11.5 Å². The van der Waals surface area contributed by atoms with Crippen LogP contribution in [0.5, 0.6) is 0 Å². The molecule has 0 spiro atoms. The van der Waals surface area contributed by atoms with Crippen molar-refractivity contribution in [2.75, 3.05) is 24.7 Å². The number of anilines is 1. The number of aliphatic hydroxyl groups is 3. The van der Waals surface area contributed by atoms with Crippen molar-refractivity contribution in [1.29, 1.82) is 0 Å². The number of fused-ring (bicyclic) bond motifs is 1. The highest BCUT2D eigenvalue weighted by Gasteiger charge is 2.33. The lowest BCUT2D eigenvalue weighted by atomic mass is 9.91. The number of rotatable bonds is 10. The summed E-state index contributed by atoms with van der Waals surface area (Å²) in [7, 11) is 0. The second kappa shape index (κ2) is 9.22. The predicted octanol–water partition coefficient (Wildman–Crippen LogP) is 0.768. The molecule has 2 rings (SSSR count). The average molecular weight is 378 g/mol. The van der Waals surface area contributed by atoms with Crippen LogP contribution in [0, 0.1) is 12.5 Å². The molecule has 3 N–H and O–H groups in total. The second-order valence-corrected chi connectivity index (χ2v) is 7.06. The first kappa shape index (κ1) is 21.2. The zero-order valence-corrected chi connectivity index (χ0v) is 16.1. The molecule has 0 fully saturated rings. The van der Waals surface area contributed by atoms with Crippen molar-refractivity contribution < 1.29 is 20.1 Å². The molecule has 0 aliphatic carbocycles. The maximum absolute atomic E-state index is 12.9. The zero-order valence-electron chi connectivity index (χ0n) is 16.1. The number of aromatic nitrogens is 2. The number of carbonyl (C=O) groups is 1. The third kappa shape index (κ3) is 4.80. The summed E-state index contributed by atoms with van der Waals surface area (Å²) < 4.78 is 1.53. The van der Waals surface area contributed by atoms with E-state index in [9.17, 15) is 15.0 Å². The molecule has 0 bridgehead atoms. The van der Waals surface area contributed by atoms with Crippen molar-refractivity contribution in [2.24, 2.45) is 0 Å². The Morgan fingerprint density at radius 2 is 2.07 bits per heavy atom. The third-order valence-electron chi connectivity index (χ3n) is 5.29. The Morgan fingerprint density at radius 1 is 1.37 bits per heavy atom. The van der Waals surface area contributed by atoms with E-state index in [1.165, 1.54) is 10.9 Å². The summed E-state index contributed by atoms with van der Waals surface area (Å²) in [6, 6.07) is 2.54. The van der Waals surface area contributed by atoms with Crippen molar-refractivity contribution in [1.82, 2.24) is 14.5 Å². The van der Waals surface area contributed by atoms with Gasteiger partial charge in [-0.15, -0.1) is 0 Å². The van der Waals surface area contributed by atoms with Crippen LogP contribution in [0.25, 0.3) is 0 Å². The van der Waals surface area contributed by atoms with Crippen LogP contribution >= 0.6 is 0 Å². The summed E-state index contributed by atoms with van der Waals surface area (Å²) in [5.74, 6) is 0.204. The molecular formula is C19H30N4O4. The summed E-state index contributed by atoms with van der Waals surface area (Å²) in [4.78, 5) is 20.3. The largest absolute Gasteiger partial charge is 0.394 e. The normalized spacial score (nSPS) is 15.6. The van der Waals surface area contributed by atoms with Crippen molar-refractivity contribution >= 4 is 11.7 Å². The van der Waals surface area contributed by atoms with Crippen LogP contribution in [0.1, 0.15) is 56.4 Å². The number of hydrogen-bond donors (Lipinski definition) is 3. The van der Waals surface area contributed by atoms with Crippen LogP contribution in [0.4, 0.5) is 5.82 Å². The van der Waals surface area contributed by atoms with Crippen molar-refractivity contribution in [3.63, 3.8) is 0 Å². The molecule has 1 amide bonds. The maximum Gasteiger partial charge on any atom is 0.275 e. The second-order valence-electron chi connectivity index (χ2n) is 7.06. The van der Waals surface area contributed by atoms with Gasteiger partial charge in [0, 0.05) is 12.6 Å². The molecule has 8 heteroatoms. The van der Waals surface area contributed by atoms with Crippen molar-refractivity contribution in [3.8, 4) is 12.5 Å². The van der Waals surface area contributed by atoms with E-state index in [0.717, 1.165) is 12.8 Å². The lowest BCUT2D eigenvalue weighted by Gasteiger charge is -2.33. The fourth-order valence-corrected chi connectivity index (χ4v) is 3.30. The molecule has 2 heterocycles. The van der Waals surface area contributed by atoms with Gasteiger partial charge >= 0.3 is 0 Å². The molecule has 0 saturated heterocycles.